The molecule has 0 aliphatic carbocycles. The highest BCUT2D eigenvalue weighted by molar-refractivity contribution is 6.46. The van der Waals surface area contributed by atoms with Gasteiger partial charge in [0, 0.05) is 29.1 Å². The van der Waals surface area contributed by atoms with Crippen LogP contribution in [-0.2, 0) is 14.3 Å². The van der Waals surface area contributed by atoms with Gasteiger partial charge in [-0.15, -0.1) is 0 Å². The molecule has 42 heavy (non-hydrogen) atoms. The quantitative estimate of drug-likeness (QED) is 0.0826. The Labute approximate surface area is 242 Å². The van der Waals surface area contributed by atoms with Gasteiger partial charge in [-0.1, -0.05) is 55.5 Å². The molecule has 2 heterocycles. The molecule has 218 valence electrons. The van der Waals surface area contributed by atoms with Crippen molar-refractivity contribution in [2.24, 2.45) is 0 Å². The molecule has 1 aromatic heterocycles. The molecule has 1 unspecified atom stereocenters. The molecule has 2 N–H and O–H groups in total. The first-order valence-electron chi connectivity index (χ1n) is 13.6. The van der Waals surface area contributed by atoms with E-state index in [2.05, 4.69) is 10.3 Å². The molecule has 10 heteroatoms. The Kier molecular flexibility index (Phi) is 8.73. The van der Waals surface area contributed by atoms with Crippen LogP contribution in [0, 0.1) is 0 Å². The van der Waals surface area contributed by atoms with Crippen LogP contribution in [-0.4, -0.2) is 63.2 Å². The number of nitrogens with one attached hydrogen (secondary N) is 2. The second kappa shape index (κ2) is 12.8. The Bertz CT molecular complexity index is 1610. The van der Waals surface area contributed by atoms with Crippen LogP contribution < -0.4 is 24.3 Å². The van der Waals surface area contributed by atoms with Gasteiger partial charge in [-0.2, -0.15) is 0 Å². The van der Waals surface area contributed by atoms with Gasteiger partial charge in [-0.25, -0.2) is 0 Å². The van der Waals surface area contributed by atoms with Crippen LogP contribution in [0.2, 0.25) is 0 Å². The molecule has 0 bridgehead atoms. The highest BCUT2D eigenvalue weighted by Gasteiger charge is 2.32. The summed E-state index contributed by atoms with van der Waals surface area (Å²) in [7, 11) is 3.01. The third-order valence-electron chi connectivity index (χ3n) is 7.02. The molecule has 0 saturated carbocycles. The average molecular weight is 573 g/mol. The number of H-pyrrole nitrogens is 1. The maximum absolute atomic E-state index is 13.3. The van der Waals surface area contributed by atoms with Crippen LogP contribution in [0.25, 0.3) is 22.2 Å². The largest absolute Gasteiger partial charge is 0.493 e. The maximum Gasteiger partial charge on any atom is 0.311 e. The SMILES string of the molecule is COc1cc2c(c(OC)c1OCCOCCNC(=O)C(=O)c1c(-c3ccccc3)[nH]c3ccccc13)C(C)CC(=O)O2. The van der Waals surface area contributed by atoms with E-state index < -0.39 is 11.7 Å². The first-order valence-corrected chi connectivity index (χ1v) is 13.6. The fourth-order valence-corrected chi connectivity index (χ4v) is 5.10. The highest BCUT2D eigenvalue weighted by Crippen LogP contribution is 2.50. The van der Waals surface area contributed by atoms with Crippen molar-refractivity contribution in [3.63, 3.8) is 0 Å². The molecule has 5 rings (SSSR count). The summed E-state index contributed by atoms with van der Waals surface area (Å²) in [5, 5.41) is 3.34. The average Bonchev–Trinajstić information content (AvgIpc) is 3.39. The van der Waals surface area contributed by atoms with Gasteiger partial charge < -0.3 is 34.0 Å². The molecule has 1 atom stereocenters. The van der Waals surface area contributed by atoms with Crippen molar-refractivity contribution in [1.29, 1.82) is 0 Å². The lowest BCUT2D eigenvalue weighted by Crippen LogP contribution is -2.34. The number of carbonyl (C=O) groups is 3. The first kappa shape index (κ1) is 28.7. The normalized spacial score (nSPS) is 14.2. The minimum absolute atomic E-state index is 0.111. The Morgan fingerprint density at radius 2 is 1.74 bits per heavy atom. The van der Waals surface area contributed by atoms with Crippen LogP contribution in [0.15, 0.2) is 60.7 Å². The van der Waals surface area contributed by atoms with E-state index in [9.17, 15) is 14.4 Å². The zero-order valence-corrected chi connectivity index (χ0v) is 23.7. The van der Waals surface area contributed by atoms with Crippen LogP contribution >= 0.6 is 0 Å². The summed E-state index contributed by atoms with van der Waals surface area (Å²) >= 11 is 0. The standard InChI is InChI=1S/C32H32N2O8/c1-19-17-25(35)42-23-18-24(38-2)30(31(39-3)26(19)23)41-16-15-40-14-13-33-32(37)29(36)27-21-11-7-8-12-22(21)34-28(27)20-9-5-4-6-10-20/h4-12,18-19,34H,13-17H2,1-3H3,(H,33,37). The number of methoxy groups -OCH3 is 2. The number of hydrogen-bond donors (Lipinski definition) is 2. The number of ketones is 1. The van der Waals surface area contributed by atoms with Crippen molar-refractivity contribution < 1.29 is 38.1 Å². The Hall–Kier alpha value is -4.83. The van der Waals surface area contributed by atoms with E-state index in [1.807, 2.05) is 61.5 Å². The number of amides is 1. The topological polar surface area (TPSA) is 125 Å². The lowest BCUT2D eigenvalue weighted by atomic mass is 9.93. The minimum atomic E-state index is -0.713. The molecule has 4 aromatic rings. The van der Waals surface area contributed by atoms with Crippen molar-refractivity contribution in [3.05, 3.63) is 71.8 Å². The molecular formula is C32H32N2O8. The summed E-state index contributed by atoms with van der Waals surface area (Å²) in [5.41, 5.74) is 3.27. The van der Waals surface area contributed by atoms with Crippen molar-refractivity contribution >= 4 is 28.6 Å². The van der Waals surface area contributed by atoms with Crippen molar-refractivity contribution in [3.8, 4) is 34.3 Å². The van der Waals surface area contributed by atoms with Crippen LogP contribution in [0.1, 0.15) is 35.2 Å². The van der Waals surface area contributed by atoms with E-state index in [0.717, 1.165) is 16.6 Å². The molecule has 3 aromatic carbocycles. The number of ether oxygens (including phenoxy) is 5. The van der Waals surface area contributed by atoms with Gasteiger partial charge in [0.15, 0.2) is 11.5 Å². The first-order chi connectivity index (χ1) is 20.4. The molecular weight excluding hydrogens is 540 g/mol. The van der Waals surface area contributed by atoms with E-state index in [1.165, 1.54) is 14.2 Å². The Balaban J connectivity index is 1.16. The van der Waals surface area contributed by atoms with E-state index in [-0.39, 0.29) is 44.7 Å². The smallest absolute Gasteiger partial charge is 0.311 e. The number of benzene rings is 3. The van der Waals surface area contributed by atoms with Gasteiger partial charge in [-0.3, -0.25) is 14.4 Å². The molecule has 0 fully saturated rings. The number of carbonyl (C=O) groups excluding carboxylic acids is 3. The van der Waals surface area contributed by atoms with E-state index in [4.69, 9.17) is 23.7 Å². The second-order valence-electron chi connectivity index (χ2n) is 9.76. The number of rotatable bonds is 12. The number of fused-ring (bicyclic) bond motifs is 2. The number of para-hydroxylation sites is 1. The summed E-state index contributed by atoms with van der Waals surface area (Å²) in [6, 6.07) is 18.4. The minimum Gasteiger partial charge on any atom is -0.493 e. The summed E-state index contributed by atoms with van der Waals surface area (Å²) in [4.78, 5) is 41.3. The lowest BCUT2D eigenvalue weighted by Gasteiger charge is -2.26. The van der Waals surface area contributed by atoms with Crippen molar-refractivity contribution in [2.75, 3.05) is 40.6 Å². The van der Waals surface area contributed by atoms with Gasteiger partial charge in [0.1, 0.15) is 12.4 Å². The summed E-state index contributed by atoms with van der Waals surface area (Å²) < 4.78 is 28.0. The van der Waals surface area contributed by atoms with Crippen LogP contribution in [0.3, 0.4) is 0 Å². The molecule has 0 spiro atoms. The second-order valence-corrected chi connectivity index (χ2v) is 9.76. The number of esters is 1. The van der Waals surface area contributed by atoms with Crippen LogP contribution in [0.5, 0.6) is 23.0 Å². The van der Waals surface area contributed by atoms with E-state index >= 15 is 0 Å². The molecule has 0 radical (unpaired) electrons. The van der Waals surface area contributed by atoms with Crippen molar-refractivity contribution in [1.82, 2.24) is 10.3 Å². The highest BCUT2D eigenvalue weighted by atomic mass is 16.6. The van der Waals surface area contributed by atoms with Gasteiger partial charge in [0.2, 0.25) is 5.75 Å². The number of Topliss-reactive ketones (excluding diaryl/α,β-unsaturated/α-hetero) is 1. The lowest BCUT2D eigenvalue weighted by molar-refractivity contribution is -0.135. The maximum atomic E-state index is 13.3. The number of aromatic nitrogens is 1. The molecule has 10 nitrogen and oxygen atoms in total. The predicted octanol–water partition coefficient (Wildman–Crippen LogP) is 4.66. The van der Waals surface area contributed by atoms with E-state index in [0.29, 0.717) is 39.6 Å². The van der Waals surface area contributed by atoms with Crippen molar-refractivity contribution in [2.45, 2.75) is 19.3 Å². The number of hydrogen-bond acceptors (Lipinski definition) is 8. The van der Waals surface area contributed by atoms with Gasteiger partial charge in [-0.05, 0) is 17.5 Å². The monoisotopic (exact) mass is 572 g/mol. The third kappa shape index (κ3) is 5.80. The van der Waals surface area contributed by atoms with Crippen LogP contribution in [0.4, 0.5) is 0 Å². The van der Waals surface area contributed by atoms with Gasteiger partial charge in [0.25, 0.3) is 11.7 Å². The molecule has 1 aliphatic rings. The molecule has 1 amide bonds. The Morgan fingerprint density at radius 3 is 2.50 bits per heavy atom. The zero-order chi connectivity index (χ0) is 29.6. The fourth-order valence-electron chi connectivity index (χ4n) is 5.10. The summed E-state index contributed by atoms with van der Waals surface area (Å²) in [5.74, 6) is -0.166. The Morgan fingerprint density at radius 1 is 0.976 bits per heavy atom. The fraction of sp³-hybridized carbons (Fsp3) is 0.281. The predicted molar refractivity (Wildman–Crippen MR) is 156 cm³/mol. The summed E-state index contributed by atoms with van der Waals surface area (Å²) in [6.07, 6.45) is 0.236. The van der Waals surface area contributed by atoms with E-state index in [1.54, 1.807) is 6.07 Å². The number of aromatic amines is 1. The molecule has 0 saturated heterocycles. The molecule has 1 aliphatic heterocycles. The zero-order valence-electron chi connectivity index (χ0n) is 23.7. The third-order valence-corrected chi connectivity index (χ3v) is 7.02. The summed E-state index contributed by atoms with van der Waals surface area (Å²) in [6.45, 7) is 2.61. The van der Waals surface area contributed by atoms with Gasteiger partial charge in [0.05, 0.1) is 45.1 Å². The van der Waals surface area contributed by atoms with Gasteiger partial charge >= 0.3 is 5.97 Å².